The van der Waals surface area contributed by atoms with E-state index in [1.165, 1.54) is 23.8 Å². The molecule has 1 atom stereocenters. The fourth-order valence-corrected chi connectivity index (χ4v) is 2.38. The summed E-state index contributed by atoms with van der Waals surface area (Å²) >= 11 is 0. The SMILES string of the molecule is NNC(CC1CC1)c1cccc2cccnc12. The Labute approximate surface area is 101 Å². The zero-order valence-corrected chi connectivity index (χ0v) is 9.76. The molecule has 1 fully saturated rings. The maximum absolute atomic E-state index is 5.69. The molecule has 0 aliphatic heterocycles. The van der Waals surface area contributed by atoms with Crippen LogP contribution in [0.5, 0.6) is 0 Å². The summed E-state index contributed by atoms with van der Waals surface area (Å²) in [5.41, 5.74) is 5.23. The van der Waals surface area contributed by atoms with Crippen LogP contribution in [0.3, 0.4) is 0 Å². The van der Waals surface area contributed by atoms with Crippen molar-refractivity contribution in [3.8, 4) is 0 Å². The van der Waals surface area contributed by atoms with Crippen molar-refractivity contribution >= 4 is 10.9 Å². The van der Waals surface area contributed by atoms with Crippen LogP contribution < -0.4 is 11.3 Å². The molecule has 0 bridgehead atoms. The molecule has 1 heterocycles. The van der Waals surface area contributed by atoms with Crippen molar-refractivity contribution in [3.63, 3.8) is 0 Å². The first-order valence-electron chi connectivity index (χ1n) is 6.18. The average molecular weight is 227 g/mol. The van der Waals surface area contributed by atoms with Crippen LogP contribution in [0.25, 0.3) is 10.9 Å². The van der Waals surface area contributed by atoms with Gasteiger partial charge in [-0.3, -0.25) is 16.3 Å². The highest BCUT2D eigenvalue weighted by Gasteiger charge is 2.26. The Balaban J connectivity index is 2.01. The lowest BCUT2D eigenvalue weighted by molar-refractivity contribution is 0.489. The van der Waals surface area contributed by atoms with E-state index >= 15 is 0 Å². The van der Waals surface area contributed by atoms with E-state index in [0.29, 0.717) is 0 Å². The summed E-state index contributed by atoms with van der Waals surface area (Å²) in [5.74, 6) is 6.54. The molecule has 1 unspecified atom stereocenters. The number of pyridine rings is 1. The third-order valence-corrected chi connectivity index (χ3v) is 3.51. The first kappa shape index (κ1) is 10.7. The van der Waals surface area contributed by atoms with Gasteiger partial charge in [0.25, 0.3) is 0 Å². The highest BCUT2D eigenvalue weighted by atomic mass is 15.2. The quantitative estimate of drug-likeness (QED) is 0.623. The Bertz CT molecular complexity index is 514. The second-order valence-electron chi connectivity index (χ2n) is 4.82. The summed E-state index contributed by atoms with van der Waals surface area (Å²) in [4.78, 5) is 4.48. The van der Waals surface area contributed by atoms with E-state index in [9.17, 15) is 0 Å². The number of hydrogen-bond donors (Lipinski definition) is 2. The Morgan fingerprint density at radius 3 is 2.88 bits per heavy atom. The molecular weight excluding hydrogens is 210 g/mol. The second-order valence-corrected chi connectivity index (χ2v) is 4.82. The number of nitrogens with zero attached hydrogens (tertiary/aromatic N) is 1. The smallest absolute Gasteiger partial charge is 0.0750 e. The van der Waals surface area contributed by atoms with Crippen molar-refractivity contribution < 1.29 is 0 Å². The van der Waals surface area contributed by atoms with Crippen LogP contribution in [0.1, 0.15) is 30.9 Å². The molecule has 3 rings (SSSR count). The van der Waals surface area contributed by atoms with Gasteiger partial charge in [-0.25, -0.2) is 0 Å². The predicted molar refractivity (Wildman–Crippen MR) is 69.1 cm³/mol. The summed E-state index contributed by atoms with van der Waals surface area (Å²) < 4.78 is 0. The van der Waals surface area contributed by atoms with Gasteiger partial charge in [-0.05, 0) is 24.0 Å². The number of nitrogens with one attached hydrogen (secondary N) is 1. The van der Waals surface area contributed by atoms with E-state index in [1.54, 1.807) is 0 Å². The van der Waals surface area contributed by atoms with Crippen LogP contribution in [0.4, 0.5) is 0 Å². The molecule has 0 amide bonds. The van der Waals surface area contributed by atoms with Crippen LogP contribution in [-0.4, -0.2) is 4.98 Å². The Kier molecular flexibility index (Phi) is 2.79. The lowest BCUT2D eigenvalue weighted by Gasteiger charge is -2.17. The summed E-state index contributed by atoms with van der Waals surface area (Å²) in [6, 6.07) is 10.6. The molecule has 3 nitrogen and oxygen atoms in total. The van der Waals surface area contributed by atoms with Crippen LogP contribution >= 0.6 is 0 Å². The predicted octanol–water partition coefficient (Wildman–Crippen LogP) is 2.54. The largest absolute Gasteiger partial charge is 0.271 e. The summed E-state index contributed by atoms with van der Waals surface area (Å²) in [6.45, 7) is 0. The summed E-state index contributed by atoms with van der Waals surface area (Å²) in [7, 11) is 0. The molecule has 2 aromatic rings. The van der Waals surface area contributed by atoms with Crippen molar-refractivity contribution in [3.05, 3.63) is 42.1 Å². The minimum absolute atomic E-state index is 0.223. The Morgan fingerprint density at radius 2 is 2.12 bits per heavy atom. The van der Waals surface area contributed by atoms with Gasteiger partial charge in [0.15, 0.2) is 0 Å². The minimum atomic E-state index is 0.223. The highest BCUT2D eigenvalue weighted by Crippen LogP contribution is 2.38. The van der Waals surface area contributed by atoms with Gasteiger partial charge in [-0.1, -0.05) is 37.1 Å². The Hall–Kier alpha value is -1.45. The molecule has 1 aromatic carbocycles. The van der Waals surface area contributed by atoms with E-state index in [-0.39, 0.29) is 6.04 Å². The number of hydrazine groups is 1. The van der Waals surface area contributed by atoms with Crippen LogP contribution in [0.2, 0.25) is 0 Å². The van der Waals surface area contributed by atoms with Gasteiger partial charge < -0.3 is 0 Å². The third-order valence-electron chi connectivity index (χ3n) is 3.51. The molecule has 1 aromatic heterocycles. The zero-order valence-electron chi connectivity index (χ0n) is 9.76. The van der Waals surface area contributed by atoms with Crippen LogP contribution in [0.15, 0.2) is 36.5 Å². The van der Waals surface area contributed by atoms with Gasteiger partial charge in [0.1, 0.15) is 0 Å². The van der Waals surface area contributed by atoms with Gasteiger partial charge >= 0.3 is 0 Å². The molecule has 0 saturated heterocycles. The van der Waals surface area contributed by atoms with Crippen LogP contribution in [-0.2, 0) is 0 Å². The number of fused-ring (bicyclic) bond motifs is 1. The summed E-state index contributed by atoms with van der Waals surface area (Å²) in [6.07, 6.45) is 5.65. The number of nitrogens with two attached hydrogens (primary N) is 1. The van der Waals surface area contributed by atoms with Crippen molar-refractivity contribution in [1.29, 1.82) is 0 Å². The molecular formula is C14H17N3. The summed E-state index contributed by atoms with van der Waals surface area (Å²) in [5, 5.41) is 1.18. The van der Waals surface area contributed by atoms with E-state index in [0.717, 1.165) is 17.9 Å². The van der Waals surface area contributed by atoms with Crippen molar-refractivity contribution in [2.75, 3.05) is 0 Å². The van der Waals surface area contributed by atoms with Crippen LogP contribution in [0, 0.1) is 5.92 Å². The molecule has 3 N–H and O–H groups in total. The number of aromatic nitrogens is 1. The van der Waals surface area contributed by atoms with E-state index < -0.39 is 0 Å². The zero-order chi connectivity index (χ0) is 11.7. The molecule has 1 aliphatic rings. The first-order chi connectivity index (χ1) is 8.38. The lowest BCUT2D eigenvalue weighted by atomic mass is 9.99. The van der Waals surface area contributed by atoms with Crippen molar-refractivity contribution in [2.45, 2.75) is 25.3 Å². The number of hydrogen-bond acceptors (Lipinski definition) is 3. The fraction of sp³-hybridized carbons (Fsp3) is 0.357. The van der Waals surface area contributed by atoms with Crippen molar-refractivity contribution in [1.82, 2.24) is 10.4 Å². The van der Waals surface area contributed by atoms with Gasteiger partial charge in [0.2, 0.25) is 0 Å². The minimum Gasteiger partial charge on any atom is -0.271 e. The topological polar surface area (TPSA) is 50.9 Å². The monoisotopic (exact) mass is 227 g/mol. The highest BCUT2D eigenvalue weighted by molar-refractivity contribution is 5.81. The molecule has 0 spiro atoms. The molecule has 0 radical (unpaired) electrons. The molecule has 88 valence electrons. The van der Waals surface area contributed by atoms with Gasteiger partial charge in [0, 0.05) is 17.6 Å². The molecule has 1 saturated carbocycles. The number of para-hydroxylation sites is 1. The number of benzene rings is 1. The molecule has 3 heteroatoms. The normalized spacial score (nSPS) is 17.2. The van der Waals surface area contributed by atoms with E-state index in [2.05, 4.69) is 34.7 Å². The standard InChI is InChI=1S/C14H17N3/c15-17-13(9-10-6-7-10)12-5-1-3-11-4-2-8-16-14(11)12/h1-5,8,10,13,17H,6-7,9,15H2. The van der Waals surface area contributed by atoms with E-state index in [1.807, 2.05) is 12.3 Å². The molecule has 1 aliphatic carbocycles. The number of rotatable bonds is 4. The Morgan fingerprint density at radius 1 is 1.29 bits per heavy atom. The van der Waals surface area contributed by atoms with Crippen molar-refractivity contribution in [2.24, 2.45) is 11.8 Å². The van der Waals surface area contributed by atoms with Gasteiger partial charge in [0.05, 0.1) is 5.52 Å². The maximum Gasteiger partial charge on any atom is 0.0750 e. The molecule has 17 heavy (non-hydrogen) atoms. The van der Waals surface area contributed by atoms with Gasteiger partial charge in [-0.15, -0.1) is 0 Å². The fourth-order valence-electron chi connectivity index (χ4n) is 2.38. The lowest BCUT2D eigenvalue weighted by Crippen LogP contribution is -2.28. The van der Waals surface area contributed by atoms with E-state index in [4.69, 9.17) is 5.84 Å². The average Bonchev–Trinajstić information content (AvgIpc) is 3.19. The van der Waals surface area contributed by atoms with Gasteiger partial charge in [-0.2, -0.15) is 0 Å². The third kappa shape index (κ3) is 2.16. The first-order valence-corrected chi connectivity index (χ1v) is 6.18. The second kappa shape index (κ2) is 4.43. The maximum atomic E-state index is 5.69.